The lowest BCUT2D eigenvalue weighted by molar-refractivity contribution is 0.151. The fraction of sp³-hybridized carbons (Fsp3) is 0.400. The number of benzene rings is 1. The molecule has 2 nitrogen and oxygen atoms in total. The minimum absolute atomic E-state index is 0.413. The van der Waals surface area contributed by atoms with Gasteiger partial charge in [0.05, 0.1) is 5.60 Å². The highest BCUT2D eigenvalue weighted by molar-refractivity contribution is 5.85. The Morgan fingerprint density at radius 3 is 2.82 bits per heavy atom. The number of aliphatic hydroxyl groups is 1. The number of aromatic nitrogens is 1. The lowest BCUT2D eigenvalue weighted by Gasteiger charge is -2.09. The largest absolute Gasteiger partial charge is 0.390 e. The van der Waals surface area contributed by atoms with Gasteiger partial charge in [-0.1, -0.05) is 19.1 Å². The number of fused-ring (bicyclic) bond motifs is 1. The van der Waals surface area contributed by atoms with Crippen LogP contribution in [0.2, 0.25) is 0 Å². The highest BCUT2D eigenvalue weighted by Crippen LogP contribution is 2.38. The Bertz CT molecular complexity index is 558. The van der Waals surface area contributed by atoms with Gasteiger partial charge in [-0.2, -0.15) is 0 Å². The van der Waals surface area contributed by atoms with Gasteiger partial charge in [-0.15, -0.1) is 0 Å². The molecule has 1 aromatic heterocycles. The van der Waals surface area contributed by atoms with Crippen molar-refractivity contribution in [1.82, 2.24) is 4.98 Å². The second kappa shape index (κ2) is 3.81. The summed E-state index contributed by atoms with van der Waals surface area (Å²) in [5.41, 5.74) is 2.09. The monoisotopic (exact) mass is 227 g/mol. The van der Waals surface area contributed by atoms with E-state index in [9.17, 15) is 5.11 Å². The van der Waals surface area contributed by atoms with Crippen LogP contribution in [0.25, 0.3) is 10.8 Å². The van der Waals surface area contributed by atoms with Crippen molar-refractivity contribution in [1.29, 1.82) is 0 Å². The molecular weight excluding hydrogens is 210 g/mol. The van der Waals surface area contributed by atoms with Crippen LogP contribution in [0.5, 0.6) is 0 Å². The molecule has 0 bridgehead atoms. The molecule has 88 valence electrons. The van der Waals surface area contributed by atoms with Crippen molar-refractivity contribution in [2.75, 3.05) is 0 Å². The first-order chi connectivity index (χ1) is 8.20. The summed E-state index contributed by atoms with van der Waals surface area (Å²) in [5, 5.41) is 12.4. The summed E-state index contributed by atoms with van der Waals surface area (Å²) in [6.45, 7) is 2.15. The molecule has 1 N–H and O–H groups in total. The smallest absolute Gasteiger partial charge is 0.0690 e. The molecule has 0 radical (unpaired) electrons. The number of aryl methyl sites for hydroxylation is 1. The van der Waals surface area contributed by atoms with Crippen LogP contribution in [0.15, 0.2) is 30.6 Å². The Hall–Kier alpha value is -1.41. The molecule has 1 saturated carbocycles. The van der Waals surface area contributed by atoms with E-state index in [0.29, 0.717) is 0 Å². The predicted octanol–water partition coefficient (Wildman–Crippen LogP) is 2.86. The minimum Gasteiger partial charge on any atom is -0.390 e. The fourth-order valence-electron chi connectivity index (χ4n) is 2.38. The Morgan fingerprint density at radius 2 is 2.12 bits per heavy atom. The van der Waals surface area contributed by atoms with Crippen molar-refractivity contribution < 1.29 is 5.11 Å². The molecule has 1 aliphatic rings. The van der Waals surface area contributed by atoms with Crippen LogP contribution in [0, 0.1) is 0 Å². The molecule has 0 spiro atoms. The molecule has 1 aliphatic carbocycles. The molecule has 17 heavy (non-hydrogen) atoms. The number of pyridine rings is 1. The maximum Gasteiger partial charge on any atom is 0.0690 e. The summed E-state index contributed by atoms with van der Waals surface area (Å²) >= 11 is 0. The van der Waals surface area contributed by atoms with E-state index in [2.05, 4.69) is 30.1 Å². The minimum atomic E-state index is -0.413. The zero-order valence-corrected chi connectivity index (χ0v) is 10.1. The predicted molar refractivity (Wildman–Crippen MR) is 69.0 cm³/mol. The number of hydrogen-bond acceptors (Lipinski definition) is 2. The standard InChI is InChI=1S/C15H17NO/c1-2-12-9-16-10-13-7-11(3-4-14(12)13)8-15(17)5-6-15/h3-4,7,9-10,17H,2,5-6,8H2,1H3. The lowest BCUT2D eigenvalue weighted by Crippen LogP contribution is -2.10. The maximum absolute atomic E-state index is 9.94. The second-order valence-corrected chi connectivity index (χ2v) is 5.11. The van der Waals surface area contributed by atoms with E-state index in [4.69, 9.17) is 0 Å². The van der Waals surface area contributed by atoms with Gasteiger partial charge in [-0.05, 0) is 41.8 Å². The highest BCUT2D eigenvalue weighted by atomic mass is 16.3. The normalized spacial score (nSPS) is 17.3. The van der Waals surface area contributed by atoms with Gasteiger partial charge in [0.2, 0.25) is 0 Å². The molecule has 1 fully saturated rings. The van der Waals surface area contributed by atoms with Crippen LogP contribution < -0.4 is 0 Å². The molecule has 0 saturated heterocycles. The summed E-state index contributed by atoms with van der Waals surface area (Å²) in [6, 6.07) is 6.46. The van der Waals surface area contributed by atoms with Gasteiger partial charge in [0.1, 0.15) is 0 Å². The van der Waals surface area contributed by atoms with Gasteiger partial charge in [-0.25, -0.2) is 0 Å². The van der Waals surface area contributed by atoms with E-state index >= 15 is 0 Å². The average Bonchev–Trinajstić information content (AvgIpc) is 3.05. The van der Waals surface area contributed by atoms with Gasteiger partial charge in [0, 0.05) is 24.2 Å². The molecule has 0 amide bonds. The van der Waals surface area contributed by atoms with E-state index < -0.39 is 5.60 Å². The Labute approximate surface area is 101 Å². The zero-order valence-electron chi connectivity index (χ0n) is 10.1. The molecule has 3 rings (SSSR count). The molecule has 0 atom stereocenters. The second-order valence-electron chi connectivity index (χ2n) is 5.11. The van der Waals surface area contributed by atoms with Crippen molar-refractivity contribution in [2.45, 2.75) is 38.2 Å². The van der Waals surface area contributed by atoms with E-state index in [1.165, 1.54) is 21.9 Å². The van der Waals surface area contributed by atoms with Crippen LogP contribution in [0.3, 0.4) is 0 Å². The van der Waals surface area contributed by atoms with Gasteiger partial charge in [0.15, 0.2) is 0 Å². The SMILES string of the molecule is CCc1cncc2cc(CC3(O)CC3)ccc12. The van der Waals surface area contributed by atoms with Gasteiger partial charge < -0.3 is 5.11 Å². The fourth-order valence-corrected chi connectivity index (χ4v) is 2.38. The number of hydrogen-bond donors (Lipinski definition) is 1. The molecule has 2 heteroatoms. The van der Waals surface area contributed by atoms with Crippen molar-refractivity contribution in [2.24, 2.45) is 0 Å². The Kier molecular flexibility index (Phi) is 2.40. The maximum atomic E-state index is 9.94. The number of rotatable bonds is 3. The van der Waals surface area contributed by atoms with Gasteiger partial charge in [-0.3, -0.25) is 4.98 Å². The molecule has 1 heterocycles. The summed E-state index contributed by atoms with van der Waals surface area (Å²) in [6.07, 6.45) is 7.52. The van der Waals surface area contributed by atoms with E-state index in [-0.39, 0.29) is 0 Å². The van der Waals surface area contributed by atoms with Crippen LogP contribution in [-0.4, -0.2) is 15.7 Å². The number of nitrogens with zero attached hydrogens (tertiary/aromatic N) is 1. The topological polar surface area (TPSA) is 33.1 Å². The van der Waals surface area contributed by atoms with E-state index in [1.807, 2.05) is 12.4 Å². The Morgan fingerprint density at radius 1 is 1.29 bits per heavy atom. The summed E-state index contributed by atoms with van der Waals surface area (Å²) < 4.78 is 0. The third kappa shape index (κ3) is 2.05. The van der Waals surface area contributed by atoms with Crippen LogP contribution in [-0.2, 0) is 12.8 Å². The third-order valence-corrected chi connectivity index (χ3v) is 3.65. The molecule has 1 aromatic carbocycles. The first kappa shape index (κ1) is 10.7. The first-order valence-corrected chi connectivity index (χ1v) is 6.28. The van der Waals surface area contributed by atoms with Crippen molar-refractivity contribution >= 4 is 10.8 Å². The Balaban J connectivity index is 2.01. The molecule has 0 aliphatic heterocycles. The van der Waals surface area contributed by atoms with Crippen LogP contribution in [0.4, 0.5) is 0 Å². The van der Waals surface area contributed by atoms with Gasteiger partial charge >= 0.3 is 0 Å². The highest BCUT2D eigenvalue weighted by Gasteiger charge is 2.40. The summed E-state index contributed by atoms with van der Waals surface area (Å²) in [5.74, 6) is 0. The van der Waals surface area contributed by atoms with E-state index in [1.54, 1.807) is 0 Å². The van der Waals surface area contributed by atoms with Crippen molar-refractivity contribution in [3.05, 3.63) is 41.7 Å². The summed E-state index contributed by atoms with van der Waals surface area (Å²) in [4.78, 5) is 4.27. The van der Waals surface area contributed by atoms with Crippen LogP contribution >= 0.6 is 0 Å². The first-order valence-electron chi connectivity index (χ1n) is 6.28. The third-order valence-electron chi connectivity index (χ3n) is 3.65. The molecular formula is C15H17NO. The molecule has 2 aromatic rings. The zero-order chi connectivity index (χ0) is 11.9. The van der Waals surface area contributed by atoms with Gasteiger partial charge in [0.25, 0.3) is 0 Å². The van der Waals surface area contributed by atoms with Crippen LogP contribution in [0.1, 0.15) is 30.9 Å². The van der Waals surface area contributed by atoms with Crippen molar-refractivity contribution in [3.8, 4) is 0 Å². The molecule has 0 unspecified atom stereocenters. The average molecular weight is 227 g/mol. The quantitative estimate of drug-likeness (QED) is 0.874. The van der Waals surface area contributed by atoms with E-state index in [0.717, 1.165) is 25.7 Å². The summed E-state index contributed by atoms with van der Waals surface area (Å²) in [7, 11) is 0. The lowest BCUT2D eigenvalue weighted by atomic mass is 10.00. The van der Waals surface area contributed by atoms with Crippen molar-refractivity contribution in [3.63, 3.8) is 0 Å².